The molecule has 2 amide bonds. The highest BCUT2D eigenvalue weighted by Crippen LogP contribution is 2.60. The maximum Gasteiger partial charge on any atom is 0.573 e. The summed E-state index contributed by atoms with van der Waals surface area (Å²) in [6.07, 6.45) is -3.53. The Morgan fingerprint density at radius 3 is 2.63 bits per heavy atom. The van der Waals surface area contributed by atoms with Crippen molar-refractivity contribution < 1.29 is 27.5 Å². The number of carbonyl (C=O) groups is 2. The third kappa shape index (κ3) is 2.55. The molecule has 1 aliphatic heterocycles. The van der Waals surface area contributed by atoms with Crippen molar-refractivity contribution in [1.82, 2.24) is 4.98 Å². The Balaban J connectivity index is 1.74. The van der Waals surface area contributed by atoms with Crippen molar-refractivity contribution in [2.24, 2.45) is 16.7 Å². The minimum absolute atomic E-state index is 0.192. The summed E-state index contributed by atoms with van der Waals surface area (Å²) in [4.78, 5) is 31.6. The van der Waals surface area contributed by atoms with E-state index in [0.29, 0.717) is 23.1 Å². The third-order valence-corrected chi connectivity index (χ3v) is 7.20. The Morgan fingerprint density at radius 2 is 1.96 bits per heavy atom. The van der Waals surface area contributed by atoms with Crippen LogP contribution < -0.4 is 9.64 Å². The van der Waals surface area contributed by atoms with Crippen molar-refractivity contribution >= 4 is 38.5 Å². The molecule has 5 nitrogen and oxygen atoms in total. The molecule has 27 heavy (non-hydrogen) atoms. The van der Waals surface area contributed by atoms with E-state index in [4.69, 9.17) is 0 Å². The van der Waals surface area contributed by atoms with Crippen LogP contribution in [-0.4, -0.2) is 23.2 Å². The number of piperidine rings is 1. The molecule has 2 aliphatic rings. The first-order chi connectivity index (χ1) is 12.4. The highest BCUT2D eigenvalue weighted by Gasteiger charge is 2.65. The van der Waals surface area contributed by atoms with E-state index in [2.05, 4.69) is 9.72 Å². The summed E-state index contributed by atoms with van der Waals surface area (Å²) in [5.41, 5.74) is -0.705. The molecule has 9 heteroatoms. The molecular weight excluding hydrogens is 381 g/mol. The van der Waals surface area contributed by atoms with Crippen LogP contribution in [0.5, 0.6) is 5.75 Å². The molecule has 4 rings (SSSR count). The van der Waals surface area contributed by atoms with Crippen LogP contribution in [0.4, 0.5) is 18.3 Å². The summed E-state index contributed by atoms with van der Waals surface area (Å²) in [6, 6.07) is 3.76. The molecule has 1 aromatic heterocycles. The van der Waals surface area contributed by atoms with Gasteiger partial charge in [-0.05, 0) is 30.4 Å². The van der Waals surface area contributed by atoms with Crippen molar-refractivity contribution in [2.75, 3.05) is 4.90 Å². The molecule has 2 aromatic rings. The molecule has 0 unspecified atom stereocenters. The maximum absolute atomic E-state index is 13.2. The average Bonchev–Trinajstić information content (AvgIpc) is 3.01. The zero-order chi connectivity index (χ0) is 19.8. The lowest BCUT2D eigenvalue weighted by Gasteiger charge is -2.46. The molecule has 0 N–H and O–H groups in total. The number of carbonyl (C=O) groups excluding carboxylic acids is 2. The quantitative estimate of drug-likeness (QED) is 0.699. The summed E-state index contributed by atoms with van der Waals surface area (Å²) in [5, 5.41) is 0.192. The fourth-order valence-electron chi connectivity index (χ4n) is 4.18. The van der Waals surface area contributed by atoms with Crippen LogP contribution in [0.15, 0.2) is 18.2 Å². The number of alkyl halides is 3. The summed E-state index contributed by atoms with van der Waals surface area (Å²) >= 11 is 1.01. The van der Waals surface area contributed by atoms with E-state index in [-0.39, 0.29) is 28.6 Å². The van der Waals surface area contributed by atoms with Gasteiger partial charge in [-0.2, -0.15) is 0 Å². The van der Waals surface area contributed by atoms with Crippen LogP contribution in [0.1, 0.15) is 33.6 Å². The molecule has 2 bridgehead atoms. The molecule has 1 aromatic carbocycles. The molecular formula is C18H17F3N2O3S. The number of hydrogen-bond donors (Lipinski definition) is 0. The number of thiazole rings is 1. The normalized spacial score (nSPS) is 27.5. The number of benzene rings is 1. The number of halogens is 3. The van der Waals surface area contributed by atoms with Gasteiger partial charge < -0.3 is 4.74 Å². The summed E-state index contributed by atoms with van der Waals surface area (Å²) in [6.45, 7) is 5.76. The number of anilines is 1. The first kappa shape index (κ1) is 18.2. The standard InChI is InChI=1S/C18H17F3N2O3S/c1-16(2)10-6-7-17(16,3)14(25)23(13(10)24)15-22-11-5-4-9(8-12(11)27-15)26-18(19,20)21/h4-5,8,10H,6-7H2,1-3H3/t10-,17-/m0/s1. The average molecular weight is 398 g/mol. The number of nitrogens with zero attached hydrogens (tertiary/aromatic N) is 2. The molecule has 2 heterocycles. The van der Waals surface area contributed by atoms with Gasteiger partial charge >= 0.3 is 6.36 Å². The minimum atomic E-state index is -4.79. The second-order valence-corrected chi connectivity index (χ2v) is 8.81. The Kier molecular flexibility index (Phi) is 3.67. The lowest BCUT2D eigenvalue weighted by Crippen LogP contribution is -2.59. The Bertz CT molecular complexity index is 968. The van der Waals surface area contributed by atoms with E-state index in [1.54, 1.807) is 0 Å². The van der Waals surface area contributed by atoms with E-state index in [9.17, 15) is 22.8 Å². The maximum atomic E-state index is 13.2. The van der Waals surface area contributed by atoms with Crippen LogP contribution in [0, 0.1) is 16.7 Å². The van der Waals surface area contributed by atoms with E-state index in [1.807, 2.05) is 20.8 Å². The largest absolute Gasteiger partial charge is 0.573 e. The van der Waals surface area contributed by atoms with E-state index in [1.165, 1.54) is 12.1 Å². The number of fused-ring (bicyclic) bond motifs is 3. The van der Waals surface area contributed by atoms with E-state index >= 15 is 0 Å². The van der Waals surface area contributed by atoms with Crippen molar-refractivity contribution in [3.63, 3.8) is 0 Å². The van der Waals surface area contributed by atoms with Crippen molar-refractivity contribution in [2.45, 2.75) is 40.0 Å². The zero-order valence-corrected chi connectivity index (χ0v) is 15.7. The van der Waals surface area contributed by atoms with Crippen molar-refractivity contribution in [3.05, 3.63) is 18.2 Å². The van der Waals surface area contributed by atoms with Gasteiger partial charge in [-0.1, -0.05) is 32.1 Å². The number of imide groups is 1. The van der Waals surface area contributed by atoms with Gasteiger partial charge in [0.25, 0.3) is 0 Å². The van der Waals surface area contributed by atoms with Gasteiger partial charge in [-0.15, -0.1) is 13.2 Å². The molecule has 144 valence electrons. The molecule has 1 saturated carbocycles. The predicted octanol–water partition coefficient (Wildman–Crippen LogP) is 4.51. The SMILES string of the molecule is CC1(C)[C@H]2CC[C@@]1(C)C(=O)N(c1nc3ccc(OC(F)(F)F)cc3s1)C2=O. The summed E-state index contributed by atoms with van der Waals surface area (Å²) < 4.78 is 41.6. The lowest BCUT2D eigenvalue weighted by atomic mass is 9.62. The predicted molar refractivity (Wildman–Crippen MR) is 93.4 cm³/mol. The second kappa shape index (κ2) is 5.43. The zero-order valence-electron chi connectivity index (χ0n) is 14.9. The smallest absolute Gasteiger partial charge is 0.406 e. The van der Waals surface area contributed by atoms with Gasteiger partial charge in [0.05, 0.1) is 15.6 Å². The van der Waals surface area contributed by atoms with Crippen LogP contribution in [0.2, 0.25) is 0 Å². The number of aromatic nitrogens is 1. The molecule has 0 spiro atoms. The van der Waals surface area contributed by atoms with Gasteiger partial charge in [-0.25, -0.2) is 9.88 Å². The monoisotopic (exact) mass is 398 g/mol. The topological polar surface area (TPSA) is 59.5 Å². The number of ether oxygens (including phenoxy) is 1. The van der Waals surface area contributed by atoms with Crippen LogP contribution in [0.25, 0.3) is 10.2 Å². The lowest BCUT2D eigenvalue weighted by molar-refractivity contribution is -0.274. The van der Waals surface area contributed by atoms with Crippen LogP contribution in [-0.2, 0) is 9.59 Å². The molecule has 2 fully saturated rings. The number of rotatable bonds is 2. The van der Waals surface area contributed by atoms with E-state index < -0.39 is 17.2 Å². The van der Waals surface area contributed by atoms with Crippen molar-refractivity contribution in [3.8, 4) is 5.75 Å². The first-order valence-corrected chi connectivity index (χ1v) is 9.30. The number of amides is 2. The highest BCUT2D eigenvalue weighted by molar-refractivity contribution is 7.22. The molecule has 2 atom stereocenters. The fraction of sp³-hybridized carbons (Fsp3) is 0.500. The van der Waals surface area contributed by atoms with E-state index in [0.717, 1.165) is 22.3 Å². The van der Waals surface area contributed by atoms with Gasteiger partial charge in [0.1, 0.15) is 5.75 Å². The summed E-state index contributed by atoms with van der Waals surface area (Å²) in [5.74, 6) is -1.23. The van der Waals surface area contributed by atoms with Gasteiger partial charge in [0.2, 0.25) is 11.8 Å². The first-order valence-electron chi connectivity index (χ1n) is 8.49. The van der Waals surface area contributed by atoms with Crippen LogP contribution >= 0.6 is 11.3 Å². The van der Waals surface area contributed by atoms with Crippen LogP contribution in [0.3, 0.4) is 0 Å². The third-order valence-electron chi connectivity index (χ3n) is 6.19. The molecule has 1 aliphatic carbocycles. The Labute approximate surface area is 157 Å². The number of hydrogen-bond acceptors (Lipinski definition) is 5. The fourth-order valence-corrected chi connectivity index (χ4v) is 5.18. The van der Waals surface area contributed by atoms with Gasteiger partial charge in [0, 0.05) is 12.0 Å². The van der Waals surface area contributed by atoms with Gasteiger partial charge in [0.15, 0.2) is 5.13 Å². The minimum Gasteiger partial charge on any atom is -0.406 e. The van der Waals surface area contributed by atoms with Gasteiger partial charge in [-0.3, -0.25) is 9.59 Å². The second-order valence-electron chi connectivity index (χ2n) is 7.80. The Hall–Kier alpha value is -2.16. The van der Waals surface area contributed by atoms with Crippen molar-refractivity contribution in [1.29, 1.82) is 0 Å². The Morgan fingerprint density at radius 1 is 1.26 bits per heavy atom. The molecule has 1 saturated heterocycles. The highest BCUT2D eigenvalue weighted by atomic mass is 32.1. The summed E-state index contributed by atoms with van der Waals surface area (Å²) in [7, 11) is 0. The molecule has 0 radical (unpaired) electrons.